The zero-order valence-electron chi connectivity index (χ0n) is 14.9. The third kappa shape index (κ3) is 5.90. The SMILES string of the molecule is Nc1ncnc2c1ncn2[C@@H]1O[C@H](COP(=O)(O)OP(=O)(O)OP(O)(O)=S)[C@@H](O)[C@H]1O. The quantitative estimate of drug-likeness (QED) is 0.194. The molecule has 0 aliphatic carbocycles. The predicted molar refractivity (Wildman–Crippen MR) is 102 cm³/mol. The Hall–Kier alpha value is -0.940. The third-order valence-electron chi connectivity index (χ3n) is 3.82. The molecule has 21 heteroatoms. The number of nitrogens with zero attached hydrogens (tertiary/aromatic N) is 4. The number of anilines is 1. The molecule has 2 aromatic rings. The van der Waals surface area contributed by atoms with Gasteiger partial charge in [0.2, 0.25) is 0 Å². The number of aliphatic hydroxyl groups excluding tert-OH is 2. The summed E-state index contributed by atoms with van der Waals surface area (Å²) in [6.45, 7) is -5.61. The first-order valence-corrected chi connectivity index (χ1v) is 13.5. The van der Waals surface area contributed by atoms with Gasteiger partial charge in [-0.15, -0.1) is 0 Å². The summed E-state index contributed by atoms with van der Waals surface area (Å²) in [5, 5.41) is 20.5. The van der Waals surface area contributed by atoms with Crippen LogP contribution in [0.25, 0.3) is 11.2 Å². The van der Waals surface area contributed by atoms with Crippen molar-refractivity contribution in [2.24, 2.45) is 0 Å². The highest BCUT2D eigenvalue weighted by Gasteiger charge is 2.46. The monoisotopic (exact) mass is 523 g/mol. The Morgan fingerprint density at radius 3 is 2.42 bits per heavy atom. The van der Waals surface area contributed by atoms with E-state index in [2.05, 4.69) is 39.9 Å². The molecule has 0 aromatic carbocycles. The first-order chi connectivity index (χ1) is 14.2. The van der Waals surface area contributed by atoms with Crippen molar-refractivity contribution in [2.45, 2.75) is 24.5 Å². The summed E-state index contributed by atoms with van der Waals surface area (Å²) >= 11 is 3.97. The summed E-state index contributed by atoms with van der Waals surface area (Å²) in [6, 6.07) is 0. The van der Waals surface area contributed by atoms with Gasteiger partial charge in [0.25, 0.3) is 0 Å². The predicted octanol–water partition coefficient (Wildman–Crippen LogP) is -1.51. The number of imidazole rings is 1. The molecule has 1 saturated heterocycles. The van der Waals surface area contributed by atoms with Gasteiger partial charge in [0.1, 0.15) is 30.2 Å². The fraction of sp³-hybridized carbons (Fsp3) is 0.500. The summed E-state index contributed by atoms with van der Waals surface area (Å²) in [7, 11) is -10.8. The Labute approximate surface area is 177 Å². The lowest BCUT2D eigenvalue weighted by Gasteiger charge is -2.19. The Bertz CT molecular complexity index is 1110. The van der Waals surface area contributed by atoms with Crippen LogP contribution in [0.5, 0.6) is 0 Å². The Morgan fingerprint density at radius 2 is 1.77 bits per heavy atom. The molecule has 3 heterocycles. The van der Waals surface area contributed by atoms with Crippen LogP contribution in [0, 0.1) is 0 Å². The fourth-order valence-electron chi connectivity index (χ4n) is 2.62. The van der Waals surface area contributed by atoms with Crippen LogP contribution in [0.3, 0.4) is 0 Å². The van der Waals surface area contributed by atoms with Gasteiger partial charge >= 0.3 is 22.4 Å². The summed E-state index contributed by atoms with van der Waals surface area (Å²) in [5.74, 6) is 0.0574. The molecular weight excluding hydrogens is 507 g/mol. The molecule has 31 heavy (non-hydrogen) atoms. The van der Waals surface area contributed by atoms with Crippen molar-refractivity contribution >= 4 is 51.2 Å². The minimum atomic E-state index is -5.49. The molecule has 1 fully saturated rings. The number of nitrogens with two attached hydrogens (primary N) is 1. The molecule has 1 aliphatic heterocycles. The van der Waals surface area contributed by atoms with Gasteiger partial charge in [-0.25, -0.2) is 28.4 Å². The smallest absolute Gasteiger partial charge is 0.387 e. The van der Waals surface area contributed by atoms with Gasteiger partial charge in [-0.1, -0.05) is 0 Å². The maximum absolute atomic E-state index is 11.9. The van der Waals surface area contributed by atoms with E-state index in [1.165, 1.54) is 10.9 Å². The molecule has 6 atom stereocenters. The number of rotatable bonds is 8. The normalized spacial score (nSPS) is 28.5. The van der Waals surface area contributed by atoms with Gasteiger partial charge in [-0.3, -0.25) is 9.09 Å². The highest BCUT2D eigenvalue weighted by atomic mass is 32.5. The van der Waals surface area contributed by atoms with Crippen molar-refractivity contribution in [1.82, 2.24) is 19.5 Å². The molecule has 174 valence electrons. The molecule has 0 amide bonds. The second-order valence-electron chi connectivity index (χ2n) is 6.02. The van der Waals surface area contributed by atoms with E-state index in [1.54, 1.807) is 0 Å². The van der Waals surface area contributed by atoms with Crippen LogP contribution in [0.4, 0.5) is 5.82 Å². The molecule has 1 aliphatic rings. The van der Waals surface area contributed by atoms with Crippen molar-refractivity contribution in [2.75, 3.05) is 12.3 Å². The van der Waals surface area contributed by atoms with E-state index < -0.39 is 53.5 Å². The second kappa shape index (κ2) is 8.78. The van der Waals surface area contributed by atoms with Crippen LogP contribution in [-0.4, -0.2) is 74.2 Å². The van der Waals surface area contributed by atoms with E-state index in [4.69, 9.17) is 20.3 Å². The highest BCUT2D eigenvalue weighted by molar-refractivity contribution is 8.08. The van der Waals surface area contributed by atoms with Crippen LogP contribution in [0.1, 0.15) is 6.23 Å². The van der Waals surface area contributed by atoms with Crippen LogP contribution in [-0.2, 0) is 38.8 Å². The minimum Gasteiger partial charge on any atom is -0.387 e. The Balaban J connectivity index is 1.69. The van der Waals surface area contributed by atoms with Gasteiger partial charge in [0, 0.05) is 0 Å². The lowest BCUT2D eigenvalue weighted by molar-refractivity contribution is -0.0503. The van der Waals surface area contributed by atoms with Crippen LogP contribution >= 0.6 is 22.4 Å². The van der Waals surface area contributed by atoms with Gasteiger partial charge in [0.15, 0.2) is 17.7 Å². The van der Waals surface area contributed by atoms with Crippen molar-refractivity contribution in [3.8, 4) is 0 Å². The van der Waals surface area contributed by atoms with E-state index in [0.717, 1.165) is 6.33 Å². The van der Waals surface area contributed by atoms with Crippen molar-refractivity contribution in [3.05, 3.63) is 12.7 Å². The average molecular weight is 523 g/mol. The van der Waals surface area contributed by atoms with Gasteiger partial charge < -0.3 is 40.3 Å². The lowest BCUT2D eigenvalue weighted by Crippen LogP contribution is -2.33. The topological polar surface area (TPSA) is 262 Å². The number of hydrogen-bond donors (Lipinski definition) is 7. The second-order valence-corrected chi connectivity index (χ2v) is 11.9. The van der Waals surface area contributed by atoms with E-state index in [9.17, 15) is 29.1 Å². The number of hydrogen-bond acceptors (Lipinski definition) is 13. The van der Waals surface area contributed by atoms with Crippen molar-refractivity contribution in [1.29, 1.82) is 0 Å². The number of ether oxygens (including phenoxy) is 1. The van der Waals surface area contributed by atoms with Gasteiger partial charge in [-0.2, -0.15) is 4.31 Å². The van der Waals surface area contributed by atoms with E-state index in [0.29, 0.717) is 0 Å². The first-order valence-electron chi connectivity index (χ1n) is 7.92. The zero-order valence-corrected chi connectivity index (χ0v) is 18.4. The number of phosphoric acid groups is 2. The van der Waals surface area contributed by atoms with Crippen LogP contribution in [0.2, 0.25) is 0 Å². The molecule has 2 unspecified atom stereocenters. The first kappa shape index (κ1) is 24.7. The largest absolute Gasteiger partial charge is 0.488 e. The molecule has 17 nitrogen and oxygen atoms in total. The number of aliphatic hydroxyl groups is 2. The van der Waals surface area contributed by atoms with Crippen LogP contribution < -0.4 is 5.73 Å². The number of phosphoric ester groups is 1. The molecule has 0 saturated carbocycles. The Morgan fingerprint density at radius 1 is 1.10 bits per heavy atom. The Kier molecular flexibility index (Phi) is 6.99. The molecule has 3 rings (SSSR count). The molecule has 0 radical (unpaired) electrons. The summed E-state index contributed by atoms with van der Waals surface area (Å²) in [6.07, 6.45) is -3.53. The molecular formula is C10H16N5O12P3S. The molecule has 0 bridgehead atoms. The minimum absolute atomic E-state index is 0.0574. The lowest BCUT2D eigenvalue weighted by atomic mass is 10.1. The standard InChI is InChI=1S/C10H16N5O12P3S/c11-8-5-9(13-2-12-8)15(3-14-5)10-7(17)6(16)4(25-10)1-24-28(18,19)26-29(20,21)27-30(22,23)31/h2-4,6-7,10,16-17H,1H2,(H,18,19)(H,20,21)(H2,11,12,13)(H2,22,23,31)/t4-,6-,7-,10-/m1/s1. The summed E-state index contributed by atoms with van der Waals surface area (Å²) in [5.41, 5.74) is 6.05. The molecule has 0 spiro atoms. The van der Waals surface area contributed by atoms with E-state index in [-0.39, 0.29) is 17.0 Å². The van der Waals surface area contributed by atoms with Gasteiger partial charge in [0.05, 0.1) is 12.9 Å². The third-order valence-corrected chi connectivity index (χ3v) is 8.22. The molecule has 2 aromatic heterocycles. The number of fused-ring (bicyclic) bond motifs is 1. The van der Waals surface area contributed by atoms with Crippen molar-refractivity contribution < 1.29 is 56.8 Å². The maximum atomic E-state index is 11.9. The van der Waals surface area contributed by atoms with E-state index in [1.807, 2.05) is 0 Å². The van der Waals surface area contributed by atoms with Gasteiger partial charge in [-0.05, 0) is 11.8 Å². The van der Waals surface area contributed by atoms with Crippen molar-refractivity contribution in [3.63, 3.8) is 0 Å². The fourth-order valence-corrected chi connectivity index (χ4v) is 6.41. The number of aromatic nitrogens is 4. The number of nitrogen functional groups attached to an aromatic ring is 1. The summed E-state index contributed by atoms with van der Waals surface area (Å²) < 4.78 is 42.1. The molecule has 8 N–H and O–H groups in total. The average Bonchev–Trinajstić information content (AvgIpc) is 3.13. The zero-order chi connectivity index (χ0) is 23.2. The maximum Gasteiger partial charge on any atom is 0.488 e. The summed E-state index contributed by atoms with van der Waals surface area (Å²) in [4.78, 5) is 48.2. The highest BCUT2D eigenvalue weighted by Crippen LogP contribution is 2.66. The van der Waals surface area contributed by atoms with E-state index >= 15 is 0 Å². The van der Waals surface area contributed by atoms with Crippen LogP contribution in [0.15, 0.2) is 12.7 Å².